The molecule has 0 fully saturated rings. The predicted molar refractivity (Wildman–Crippen MR) is 92.6 cm³/mol. The first-order valence-corrected chi connectivity index (χ1v) is 7.54. The Hall–Kier alpha value is -3.16. The summed E-state index contributed by atoms with van der Waals surface area (Å²) in [6.07, 6.45) is -0.380. The lowest BCUT2D eigenvalue weighted by atomic mass is 10.3. The van der Waals surface area contributed by atoms with Gasteiger partial charge in [0.15, 0.2) is 5.82 Å². The van der Waals surface area contributed by atoms with E-state index in [-0.39, 0.29) is 11.9 Å². The molecule has 1 aromatic carbocycles. The van der Waals surface area contributed by atoms with Crippen LogP contribution in [0.15, 0.2) is 46.6 Å². The molecule has 0 saturated carbocycles. The summed E-state index contributed by atoms with van der Waals surface area (Å²) in [7, 11) is 0. The molecule has 0 radical (unpaired) electrons. The third kappa shape index (κ3) is 4.42. The number of nitrogens with two attached hydrogens (primary N) is 2. The molecule has 2 aromatic rings. The van der Waals surface area contributed by atoms with Gasteiger partial charge in [0.2, 0.25) is 0 Å². The summed E-state index contributed by atoms with van der Waals surface area (Å²) in [4.78, 5) is 17.4. The van der Waals surface area contributed by atoms with E-state index in [1.807, 2.05) is 13.8 Å². The molecule has 0 aliphatic heterocycles. The zero-order chi connectivity index (χ0) is 17.5. The van der Waals surface area contributed by atoms with E-state index in [9.17, 15) is 4.79 Å². The van der Waals surface area contributed by atoms with Crippen molar-refractivity contribution in [2.45, 2.75) is 13.8 Å². The summed E-state index contributed by atoms with van der Waals surface area (Å²) in [5, 5.41) is 8.10. The number of amides is 1. The molecule has 126 valence electrons. The van der Waals surface area contributed by atoms with E-state index in [0.717, 1.165) is 0 Å². The fourth-order valence-electron chi connectivity index (χ4n) is 1.91. The molecule has 1 heterocycles. The van der Waals surface area contributed by atoms with Gasteiger partial charge in [-0.05, 0) is 50.2 Å². The number of rotatable bonds is 5. The third-order valence-electron chi connectivity index (χ3n) is 3.26. The van der Waals surface area contributed by atoms with Gasteiger partial charge in [-0.1, -0.05) is 0 Å². The molecule has 2 rings (SSSR count). The van der Waals surface area contributed by atoms with Crippen LogP contribution >= 0.6 is 0 Å². The Kier molecular flexibility index (Phi) is 5.67. The summed E-state index contributed by atoms with van der Waals surface area (Å²) < 4.78 is 5.28. The van der Waals surface area contributed by atoms with Crippen molar-refractivity contribution in [2.75, 3.05) is 24.6 Å². The number of azo groups is 1. The summed E-state index contributed by atoms with van der Waals surface area (Å²) in [5.74, 6) is 0.980. The number of nitrogens with zero attached hydrogens (tertiary/aromatic N) is 4. The van der Waals surface area contributed by atoms with Gasteiger partial charge < -0.3 is 21.1 Å². The van der Waals surface area contributed by atoms with Crippen molar-refractivity contribution >= 4 is 29.1 Å². The van der Waals surface area contributed by atoms with Gasteiger partial charge in [0, 0.05) is 13.1 Å². The topological polar surface area (TPSA) is 119 Å². The average Bonchev–Trinajstić information content (AvgIpc) is 2.56. The number of benzene rings is 1. The molecule has 1 amide bonds. The van der Waals surface area contributed by atoms with Crippen molar-refractivity contribution in [1.29, 1.82) is 0 Å². The van der Waals surface area contributed by atoms with Crippen LogP contribution < -0.4 is 16.2 Å². The number of nitrogen functional groups attached to an aromatic ring is 2. The van der Waals surface area contributed by atoms with Gasteiger partial charge in [-0.15, -0.1) is 5.11 Å². The van der Waals surface area contributed by atoms with Crippen molar-refractivity contribution in [2.24, 2.45) is 10.2 Å². The summed E-state index contributed by atoms with van der Waals surface area (Å²) in [5.41, 5.74) is 12.3. The van der Waals surface area contributed by atoms with Crippen LogP contribution in [-0.2, 0) is 0 Å². The molecule has 0 aliphatic rings. The number of hydrogen-bond donors (Lipinski definition) is 2. The van der Waals surface area contributed by atoms with E-state index in [2.05, 4.69) is 15.2 Å². The number of anilines is 2. The lowest BCUT2D eigenvalue weighted by Gasteiger charge is -2.17. The molecule has 24 heavy (non-hydrogen) atoms. The minimum absolute atomic E-state index is 0.212. The quantitative estimate of drug-likeness (QED) is 0.814. The average molecular weight is 328 g/mol. The van der Waals surface area contributed by atoms with Gasteiger partial charge in [-0.2, -0.15) is 5.11 Å². The second-order valence-corrected chi connectivity index (χ2v) is 4.87. The van der Waals surface area contributed by atoms with Gasteiger partial charge in [-0.3, -0.25) is 0 Å². The van der Waals surface area contributed by atoms with Gasteiger partial charge in [0.05, 0.1) is 5.69 Å². The highest BCUT2D eigenvalue weighted by Gasteiger charge is 2.11. The van der Waals surface area contributed by atoms with E-state index in [0.29, 0.717) is 36.0 Å². The Labute approximate surface area is 140 Å². The lowest BCUT2D eigenvalue weighted by Crippen LogP contribution is -2.33. The maximum atomic E-state index is 11.9. The van der Waals surface area contributed by atoms with Gasteiger partial charge in [0.25, 0.3) is 0 Å². The van der Waals surface area contributed by atoms with E-state index < -0.39 is 0 Å². The molecule has 0 atom stereocenters. The Morgan fingerprint density at radius 2 is 1.75 bits per heavy atom. The predicted octanol–water partition coefficient (Wildman–Crippen LogP) is 3.50. The second-order valence-electron chi connectivity index (χ2n) is 4.87. The third-order valence-corrected chi connectivity index (χ3v) is 3.26. The van der Waals surface area contributed by atoms with Crippen LogP contribution in [0.5, 0.6) is 5.75 Å². The number of carbonyl (C=O) groups excluding carboxylic acids is 1. The Morgan fingerprint density at radius 1 is 1.08 bits per heavy atom. The molecule has 8 heteroatoms. The van der Waals surface area contributed by atoms with Crippen molar-refractivity contribution in [1.82, 2.24) is 9.88 Å². The van der Waals surface area contributed by atoms with E-state index in [1.54, 1.807) is 41.3 Å². The van der Waals surface area contributed by atoms with Gasteiger partial charge >= 0.3 is 6.09 Å². The first-order valence-electron chi connectivity index (χ1n) is 7.54. The largest absolute Gasteiger partial charge is 0.415 e. The molecule has 8 nitrogen and oxygen atoms in total. The van der Waals surface area contributed by atoms with Gasteiger partial charge in [-0.25, -0.2) is 9.78 Å². The normalized spacial score (nSPS) is 10.8. The highest BCUT2D eigenvalue weighted by Crippen LogP contribution is 2.25. The van der Waals surface area contributed by atoms with Crippen LogP contribution in [0.25, 0.3) is 0 Å². The van der Waals surface area contributed by atoms with Crippen LogP contribution in [0, 0.1) is 0 Å². The minimum Gasteiger partial charge on any atom is -0.410 e. The summed E-state index contributed by atoms with van der Waals surface area (Å²) >= 11 is 0. The smallest absolute Gasteiger partial charge is 0.410 e. The Bertz CT molecular complexity index is 726. The fourth-order valence-corrected chi connectivity index (χ4v) is 1.91. The van der Waals surface area contributed by atoms with E-state index in [1.165, 1.54) is 0 Å². The van der Waals surface area contributed by atoms with Crippen molar-refractivity contribution in [3.63, 3.8) is 0 Å². The molecule has 0 spiro atoms. The lowest BCUT2D eigenvalue weighted by molar-refractivity contribution is 0.157. The van der Waals surface area contributed by atoms with Crippen LogP contribution in [0.2, 0.25) is 0 Å². The van der Waals surface area contributed by atoms with Crippen LogP contribution in [0.3, 0.4) is 0 Å². The number of pyridine rings is 1. The zero-order valence-corrected chi connectivity index (χ0v) is 13.6. The molecule has 1 aromatic heterocycles. The highest BCUT2D eigenvalue weighted by molar-refractivity contribution is 5.70. The van der Waals surface area contributed by atoms with Crippen LogP contribution in [-0.4, -0.2) is 29.1 Å². The van der Waals surface area contributed by atoms with Gasteiger partial charge in [0.1, 0.15) is 17.3 Å². The summed E-state index contributed by atoms with van der Waals surface area (Å²) in [6.45, 7) is 4.98. The zero-order valence-electron chi connectivity index (χ0n) is 13.6. The van der Waals surface area contributed by atoms with Crippen molar-refractivity contribution < 1.29 is 9.53 Å². The number of ether oxygens (including phenoxy) is 1. The molecule has 4 N–H and O–H groups in total. The number of hydrogen-bond acceptors (Lipinski definition) is 7. The first-order chi connectivity index (χ1) is 11.5. The standard InChI is InChI=1S/C16H20N6O2/c1-3-22(4-2)16(23)24-12-7-5-11(6-8-12)20-21-13-9-10-14(17)19-15(13)18/h5-10H,3-4H2,1-2H3,(H4,17,18,19). The minimum atomic E-state index is -0.380. The monoisotopic (exact) mass is 328 g/mol. The molecule has 0 saturated heterocycles. The van der Waals surface area contributed by atoms with E-state index >= 15 is 0 Å². The maximum Gasteiger partial charge on any atom is 0.415 e. The molecule has 0 aliphatic carbocycles. The molecule has 0 unspecified atom stereocenters. The summed E-state index contributed by atoms with van der Waals surface area (Å²) in [6, 6.07) is 9.92. The molecule has 0 bridgehead atoms. The SMILES string of the molecule is CCN(CC)C(=O)Oc1ccc(N=Nc2ccc(N)nc2N)cc1. The van der Waals surface area contributed by atoms with Crippen LogP contribution in [0.4, 0.5) is 27.8 Å². The Morgan fingerprint density at radius 3 is 2.33 bits per heavy atom. The maximum absolute atomic E-state index is 11.9. The van der Waals surface area contributed by atoms with Crippen molar-refractivity contribution in [3.8, 4) is 5.75 Å². The number of carbonyl (C=O) groups is 1. The second kappa shape index (κ2) is 7.91. The van der Waals surface area contributed by atoms with E-state index in [4.69, 9.17) is 16.2 Å². The highest BCUT2D eigenvalue weighted by atomic mass is 16.6. The first kappa shape index (κ1) is 17.2. The Balaban J connectivity index is 2.04. The molecular weight excluding hydrogens is 308 g/mol. The fraction of sp³-hybridized carbons (Fsp3) is 0.250. The van der Waals surface area contributed by atoms with Crippen molar-refractivity contribution in [3.05, 3.63) is 36.4 Å². The van der Waals surface area contributed by atoms with Crippen LogP contribution in [0.1, 0.15) is 13.8 Å². The number of aromatic nitrogens is 1. The molecular formula is C16H20N6O2.